The Morgan fingerprint density at radius 2 is 1.64 bits per heavy atom. The molecule has 3 N–H and O–H groups in total. The summed E-state index contributed by atoms with van der Waals surface area (Å²) < 4.78 is 10.2. The van der Waals surface area contributed by atoms with Crippen LogP contribution < -0.4 is 10.8 Å². The molecule has 0 aliphatic heterocycles. The second-order valence-electron chi connectivity index (χ2n) is 6.28. The van der Waals surface area contributed by atoms with Crippen LogP contribution >= 0.6 is 0 Å². The number of carbonyl (C=O) groups excluding carboxylic acids is 3. The maximum Gasteiger partial charge on any atom is 0.315 e. The summed E-state index contributed by atoms with van der Waals surface area (Å²) in [5.74, 6) is -1.49. The van der Waals surface area contributed by atoms with Crippen molar-refractivity contribution in [2.45, 2.75) is 46.6 Å². The first-order valence-corrected chi connectivity index (χ1v) is 7.19. The normalized spacial score (nSPS) is 13.5. The number of methoxy groups -OCH3 is 1. The monoisotopic (exact) mass is 319 g/mol. The highest BCUT2D eigenvalue weighted by atomic mass is 16.6. The van der Waals surface area contributed by atoms with Crippen molar-refractivity contribution >= 4 is 18.4 Å². The number of quaternary nitrogens is 1. The summed E-state index contributed by atoms with van der Waals surface area (Å²) in [4.78, 5) is 32.3. The standard InChI is InChI=1S/C14H27NO4.CH2O2/c1-9(2)7-10(11(8-15)12(16)18-6)13(17)19-14(3,4)5;2-1-3/h9-11H,7-8,15H2,1-6H3;1H,(H,2,3)/t10-,11-;/m1./s1. The van der Waals surface area contributed by atoms with Gasteiger partial charge in [-0.15, -0.1) is 0 Å². The van der Waals surface area contributed by atoms with E-state index in [0.29, 0.717) is 13.0 Å². The zero-order valence-electron chi connectivity index (χ0n) is 14.4. The minimum Gasteiger partial charge on any atom is -0.554 e. The minimum atomic E-state index is -0.561. The van der Waals surface area contributed by atoms with E-state index in [4.69, 9.17) is 19.4 Å². The van der Waals surface area contributed by atoms with Crippen LogP contribution in [0.3, 0.4) is 0 Å². The molecule has 0 saturated carbocycles. The van der Waals surface area contributed by atoms with Gasteiger partial charge in [0.2, 0.25) is 0 Å². The molecule has 7 heteroatoms. The van der Waals surface area contributed by atoms with Crippen molar-refractivity contribution in [3.63, 3.8) is 0 Å². The van der Waals surface area contributed by atoms with Gasteiger partial charge in [-0.2, -0.15) is 0 Å². The number of carboxylic acid groups (broad SMARTS) is 1. The minimum absolute atomic E-state index is 0.288. The van der Waals surface area contributed by atoms with E-state index in [2.05, 4.69) is 5.73 Å². The highest BCUT2D eigenvalue weighted by molar-refractivity contribution is 5.82. The van der Waals surface area contributed by atoms with Gasteiger partial charge < -0.3 is 25.1 Å². The molecule has 0 aromatic carbocycles. The van der Waals surface area contributed by atoms with Crippen LogP contribution in [0.15, 0.2) is 0 Å². The summed E-state index contributed by atoms with van der Waals surface area (Å²) in [6, 6.07) is 0. The van der Waals surface area contributed by atoms with Crippen molar-refractivity contribution in [3.8, 4) is 0 Å². The van der Waals surface area contributed by atoms with Gasteiger partial charge in [0, 0.05) is 6.47 Å². The zero-order valence-corrected chi connectivity index (χ0v) is 14.4. The van der Waals surface area contributed by atoms with Gasteiger partial charge in [0.1, 0.15) is 11.5 Å². The van der Waals surface area contributed by atoms with Crippen LogP contribution in [0.4, 0.5) is 0 Å². The first-order valence-electron chi connectivity index (χ1n) is 7.19. The third kappa shape index (κ3) is 10.1. The maximum atomic E-state index is 12.3. The summed E-state index contributed by atoms with van der Waals surface area (Å²) in [5, 5.41) is 8.25. The molecule has 0 aromatic heterocycles. The molecule has 2 atom stereocenters. The van der Waals surface area contributed by atoms with Gasteiger partial charge in [0.05, 0.1) is 19.6 Å². The molecule has 0 amide bonds. The maximum absolute atomic E-state index is 12.3. The van der Waals surface area contributed by atoms with Crippen LogP contribution in [0.2, 0.25) is 0 Å². The lowest BCUT2D eigenvalue weighted by atomic mass is 9.85. The first kappa shape index (κ1) is 22.6. The average Bonchev–Trinajstić information content (AvgIpc) is 2.36. The molecule has 0 rings (SSSR count). The highest BCUT2D eigenvalue weighted by Gasteiger charge is 2.38. The lowest BCUT2D eigenvalue weighted by Gasteiger charge is -2.27. The predicted octanol–water partition coefficient (Wildman–Crippen LogP) is -0.612. The number of hydrogen-bond donors (Lipinski definition) is 1. The molecule has 0 aromatic rings. The van der Waals surface area contributed by atoms with Gasteiger partial charge in [-0.05, 0) is 33.1 Å². The Labute approximate surface area is 132 Å². The Kier molecular flexibility index (Phi) is 11.3. The van der Waals surface area contributed by atoms with Gasteiger partial charge in [-0.3, -0.25) is 9.59 Å². The topological polar surface area (TPSA) is 120 Å². The molecule has 0 heterocycles. The second kappa shape index (κ2) is 11.0. The molecule has 0 aliphatic carbocycles. The van der Waals surface area contributed by atoms with E-state index in [-0.39, 0.29) is 11.9 Å². The Morgan fingerprint density at radius 3 is 1.91 bits per heavy atom. The van der Waals surface area contributed by atoms with E-state index in [1.165, 1.54) is 7.11 Å². The van der Waals surface area contributed by atoms with E-state index in [1.54, 1.807) is 0 Å². The van der Waals surface area contributed by atoms with Crippen LogP contribution in [0.25, 0.3) is 0 Å². The fraction of sp³-hybridized carbons (Fsp3) is 0.800. The summed E-state index contributed by atoms with van der Waals surface area (Å²) in [7, 11) is 1.33. The molecule has 7 nitrogen and oxygen atoms in total. The van der Waals surface area contributed by atoms with Gasteiger partial charge in [0.15, 0.2) is 0 Å². The molecule has 0 saturated heterocycles. The molecule has 130 valence electrons. The molecule has 0 bridgehead atoms. The molecule has 0 radical (unpaired) electrons. The number of rotatable bonds is 6. The molecule has 0 spiro atoms. The Balaban J connectivity index is 0. The molecular weight excluding hydrogens is 290 g/mol. The van der Waals surface area contributed by atoms with Crippen LogP contribution in [-0.2, 0) is 23.9 Å². The van der Waals surface area contributed by atoms with Crippen LogP contribution in [-0.4, -0.2) is 37.7 Å². The van der Waals surface area contributed by atoms with E-state index >= 15 is 0 Å². The average molecular weight is 319 g/mol. The molecule has 0 aliphatic rings. The second-order valence-corrected chi connectivity index (χ2v) is 6.28. The van der Waals surface area contributed by atoms with Gasteiger partial charge in [-0.1, -0.05) is 13.8 Å². The quantitative estimate of drug-likeness (QED) is 0.515. The van der Waals surface area contributed by atoms with Gasteiger partial charge in [-0.25, -0.2) is 0 Å². The van der Waals surface area contributed by atoms with E-state index in [1.807, 2.05) is 34.6 Å². The number of hydrogen-bond acceptors (Lipinski definition) is 6. The van der Waals surface area contributed by atoms with Crippen molar-refractivity contribution < 1.29 is 34.7 Å². The third-order valence-corrected chi connectivity index (χ3v) is 2.74. The SMILES string of the molecule is COC(=O)[C@H](C[NH3+])[C@@H](CC(C)C)C(=O)OC(C)(C)C.O=C[O-]. The zero-order chi connectivity index (χ0) is 17.9. The van der Waals surface area contributed by atoms with Gasteiger partial charge >= 0.3 is 11.9 Å². The Bertz CT molecular complexity index is 348. The summed E-state index contributed by atoms with van der Waals surface area (Å²) in [6.07, 6.45) is 0.588. The Hall–Kier alpha value is -1.63. The van der Waals surface area contributed by atoms with Crippen molar-refractivity contribution in [1.29, 1.82) is 0 Å². The van der Waals surface area contributed by atoms with Crippen LogP contribution in [0.1, 0.15) is 41.0 Å². The van der Waals surface area contributed by atoms with Crippen LogP contribution in [0.5, 0.6) is 0 Å². The van der Waals surface area contributed by atoms with Crippen molar-refractivity contribution in [2.24, 2.45) is 17.8 Å². The largest absolute Gasteiger partial charge is 0.554 e. The van der Waals surface area contributed by atoms with Crippen molar-refractivity contribution in [1.82, 2.24) is 0 Å². The van der Waals surface area contributed by atoms with Gasteiger partial charge in [0.25, 0.3) is 0 Å². The summed E-state index contributed by atoms with van der Waals surface area (Å²) >= 11 is 0. The predicted molar refractivity (Wildman–Crippen MR) is 78.1 cm³/mol. The highest BCUT2D eigenvalue weighted by Crippen LogP contribution is 2.25. The summed E-state index contributed by atoms with van der Waals surface area (Å²) in [6.45, 7) is 9.28. The fourth-order valence-corrected chi connectivity index (χ4v) is 1.94. The van der Waals surface area contributed by atoms with Crippen LogP contribution in [0, 0.1) is 17.8 Å². The molecular formula is C15H29NO6. The van der Waals surface area contributed by atoms with E-state index < -0.39 is 29.9 Å². The summed E-state index contributed by atoms with van der Waals surface area (Å²) in [5.41, 5.74) is 3.19. The number of ether oxygens (including phenoxy) is 2. The Morgan fingerprint density at radius 1 is 1.18 bits per heavy atom. The smallest absolute Gasteiger partial charge is 0.315 e. The molecule has 0 unspecified atom stereocenters. The third-order valence-electron chi connectivity index (χ3n) is 2.74. The fourth-order valence-electron chi connectivity index (χ4n) is 1.94. The molecule has 0 fully saturated rings. The molecule has 22 heavy (non-hydrogen) atoms. The number of esters is 2. The first-order chi connectivity index (χ1) is 10.0. The van der Waals surface area contributed by atoms with Crippen molar-refractivity contribution in [2.75, 3.05) is 13.7 Å². The lowest BCUT2D eigenvalue weighted by Crippen LogP contribution is -2.58. The number of carbonyl (C=O) groups is 3. The van der Waals surface area contributed by atoms with Crippen molar-refractivity contribution in [3.05, 3.63) is 0 Å². The van der Waals surface area contributed by atoms with E-state index in [0.717, 1.165) is 0 Å². The van der Waals surface area contributed by atoms with E-state index in [9.17, 15) is 9.59 Å². The lowest BCUT2D eigenvalue weighted by molar-refractivity contribution is -0.379.